The Morgan fingerprint density at radius 1 is 0.703 bits per heavy atom. The summed E-state index contributed by atoms with van der Waals surface area (Å²) >= 11 is 0. The van der Waals surface area contributed by atoms with Gasteiger partial charge in [-0.1, -0.05) is 56.7 Å². The molecule has 4 aromatic rings. The van der Waals surface area contributed by atoms with Crippen molar-refractivity contribution in [3.05, 3.63) is 95.7 Å². The Morgan fingerprint density at radius 2 is 1.25 bits per heavy atom. The Kier molecular flexibility index (Phi) is 13.4. The monoisotopic (exact) mass is 962 g/mol. The molecule has 21 heteroatoms. The highest BCUT2D eigenvalue weighted by Crippen LogP contribution is 2.54. The molecule has 0 amide bonds. The van der Waals surface area contributed by atoms with Crippen molar-refractivity contribution in [2.45, 2.75) is 96.3 Å². The van der Waals surface area contributed by atoms with E-state index in [2.05, 4.69) is 4.90 Å². The Hall–Kier alpha value is -4.71. The van der Waals surface area contributed by atoms with Gasteiger partial charge in [-0.05, 0) is 97.5 Å². The summed E-state index contributed by atoms with van der Waals surface area (Å²) in [5.74, 6) is -0.925. The molecule has 0 fully saturated rings. The van der Waals surface area contributed by atoms with Crippen LogP contribution in [0.2, 0.25) is 0 Å². The average molecular weight is 963 g/mol. The van der Waals surface area contributed by atoms with Gasteiger partial charge in [0.15, 0.2) is 0 Å². The van der Waals surface area contributed by atoms with Gasteiger partial charge in [0.1, 0.15) is 9.79 Å². The van der Waals surface area contributed by atoms with Gasteiger partial charge in [-0.3, -0.25) is 23.0 Å². The van der Waals surface area contributed by atoms with E-state index in [1.807, 2.05) is 50.8 Å². The third-order valence-electron chi connectivity index (χ3n) is 12.2. The highest BCUT2D eigenvalue weighted by molar-refractivity contribution is 7.87. The lowest BCUT2D eigenvalue weighted by molar-refractivity contribution is -0.137. The van der Waals surface area contributed by atoms with E-state index in [0.717, 1.165) is 6.07 Å². The summed E-state index contributed by atoms with van der Waals surface area (Å²) in [6.07, 6.45) is 11.0. The van der Waals surface area contributed by atoms with Crippen LogP contribution < -0.4 is 9.80 Å². The van der Waals surface area contributed by atoms with Gasteiger partial charge in [0.2, 0.25) is 0 Å². The number of rotatable bonds is 17. The molecule has 2 atom stereocenters. The van der Waals surface area contributed by atoms with E-state index in [1.54, 1.807) is 24.3 Å². The number of hydrogen-bond donors (Lipinski definition) is 5. The third-order valence-corrected chi connectivity index (χ3v) is 15.6. The molecule has 0 spiro atoms. The number of hydrogen-bond acceptors (Lipinski definition) is 12. The number of ether oxygens (including phenoxy) is 1. The average Bonchev–Trinajstić information content (AvgIpc) is 3.56. The van der Waals surface area contributed by atoms with Crippen molar-refractivity contribution in [2.75, 3.05) is 36.6 Å². The molecule has 0 radical (unpaired) electrons. The van der Waals surface area contributed by atoms with Crippen LogP contribution in [0.15, 0.2) is 104 Å². The van der Waals surface area contributed by atoms with Crippen molar-refractivity contribution in [3.8, 4) is 0 Å². The summed E-state index contributed by atoms with van der Waals surface area (Å²) in [5.41, 5.74) is 1.32. The van der Waals surface area contributed by atoms with Crippen LogP contribution in [0.3, 0.4) is 0 Å². The minimum absolute atomic E-state index is 0.0207. The van der Waals surface area contributed by atoms with Gasteiger partial charge in [0, 0.05) is 71.9 Å². The van der Waals surface area contributed by atoms with Crippen molar-refractivity contribution in [1.82, 2.24) is 0 Å². The second-order valence-corrected chi connectivity index (χ2v) is 22.2. The molecule has 64 heavy (non-hydrogen) atoms. The van der Waals surface area contributed by atoms with E-state index in [-0.39, 0.29) is 40.6 Å². The minimum Gasteiger partial charge on any atom is -0.481 e. The number of carbonyl (C=O) groups is 1. The van der Waals surface area contributed by atoms with Gasteiger partial charge in [0.25, 0.3) is 40.5 Å². The molecule has 2 aliphatic heterocycles. The first-order valence-corrected chi connectivity index (χ1v) is 25.9. The quantitative estimate of drug-likeness (QED) is 0.0408. The maximum Gasteiger partial charge on any atom is 0.303 e. The maximum absolute atomic E-state index is 12.7. The normalized spacial score (nSPS) is 19.8. The van der Waals surface area contributed by atoms with Crippen LogP contribution in [0.5, 0.6) is 0 Å². The van der Waals surface area contributed by atoms with Crippen LogP contribution in [-0.4, -0.2) is 95.8 Å². The molecule has 17 nitrogen and oxygen atoms in total. The number of fused-ring (bicyclic) bond motifs is 6. The Morgan fingerprint density at radius 3 is 1.75 bits per heavy atom. The summed E-state index contributed by atoms with van der Waals surface area (Å²) in [7, 11) is -18.2. The Bertz CT molecular complexity index is 3110. The van der Waals surface area contributed by atoms with E-state index in [1.165, 1.54) is 31.4 Å². The van der Waals surface area contributed by atoms with Gasteiger partial charge in [0.05, 0.1) is 15.8 Å². The lowest BCUT2D eigenvalue weighted by Gasteiger charge is -2.31. The van der Waals surface area contributed by atoms with E-state index in [9.17, 15) is 61.8 Å². The Labute approximate surface area is 372 Å². The highest BCUT2D eigenvalue weighted by atomic mass is 32.2. The largest absolute Gasteiger partial charge is 0.481 e. The fourth-order valence-corrected chi connectivity index (χ4v) is 12.0. The highest BCUT2D eigenvalue weighted by Gasteiger charge is 2.46. The number of allylic oxidation sites excluding steroid dienone is 5. The van der Waals surface area contributed by atoms with Crippen LogP contribution in [0.4, 0.5) is 11.4 Å². The molecule has 0 aromatic heterocycles. The number of likely N-dealkylation sites (N-methyl/N-ethyl adjacent to an activating group) is 1. The first-order chi connectivity index (χ1) is 29.7. The maximum atomic E-state index is 12.7. The summed E-state index contributed by atoms with van der Waals surface area (Å²) in [5, 5.41) is 9.69. The van der Waals surface area contributed by atoms with Gasteiger partial charge in [-0.25, -0.2) is 0 Å². The van der Waals surface area contributed by atoms with Crippen molar-refractivity contribution in [3.63, 3.8) is 0 Å². The molecule has 5 N–H and O–H groups in total. The molecule has 346 valence electrons. The number of aliphatic carboxylic acids is 1. The van der Waals surface area contributed by atoms with E-state index < -0.39 is 76.9 Å². The van der Waals surface area contributed by atoms with E-state index >= 15 is 0 Å². The topological polar surface area (TPSA) is 270 Å². The zero-order chi connectivity index (χ0) is 47.4. The molecule has 2 unspecified atom stereocenters. The zero-order valence-corrected chi connectivity index (χ0v) is 38.9. The molecule has 2 heterocycles. The molecule has 0 saturated carbocycles. The van der Waals surface area contributed by atoms with Crippen LogP contribution in [0.25, 0.3) is 21.5 Å². The molecule has 0 aliphatic carbocycles. The number of methoxy groups -OCH3 is 1. The molecular weight excluding hydrogens is 913 g/mol. The number of carboxylic acids is 1. The van der Waals surface area contributed by atoms with E-state index in [0.29, 0.717) is 73.0 Å². The first kappa shape index (κ1) is 48.7. The van der Waals surface area contributed by atoms with Gasteiger partial charge in [-0.15, -0.1) is 0 Å². The number of nitrogens with zero attached hydrogens (tertiary/aromatic N) is 2. The number of carboxylic acid groups (broad SMARTS) is 1. The smallest absolute Gasteiger partial charge is 0.303 e. The van der Waals surface area contributed by atoms with Gasteiger partial charge < -0.3 is 19.6 Å². The molecule has 4 aromatic carbocycles. The van der Waals surface area contributed by atoms with Gasteiger partial charge in [-0.2, -0.15) is 33.7 Å². The number of anilines is 2. The van der Waals surface area contributed by atoms with Crippen LogP contribution in [-0.2, 0) is 60.8 Å². The predicted molar refractivity (Wildman–Crippen MR) is 241 cm³/mol. The summed E-state index contributed by atoms with van der Waals surface area (Å²) in [6.45, 7) is 8.70. The lowest BCUT2D eigenvalue weighted by Crippen LogP contribution is -2.39. The molecular formula is C43H50N2O15S4. The summed E-state index contributed by atoms with van der Waals surface area (Å²) in [6, 6.07) is 9.73. The first-order valence-electron chi connectivity index (χ1n) is 20.1. The number of benzene rings is 4. The SMILES string of the molecule is CCN1c2ccc3c(S(=O)(=O)O)cc(S(=O)(=O)O)cc3c2C(C)(C)C1C=CC=CC=C1N(CCCCCC(=O)O)c2ccc3c(S(=O)(=O)O)cc(S(=O)(=O)O)cc3c2C1(C)CCOC. The Balaban J connectivity index is 1.47. The van der Waals surface area contributed by atoms with E-state index in [4.69, 9.17) is 4.74 Å². The lowest BCUT2D eigenvalue weighted by atomic mass is 9.76. The van der Waals surface area contributed by atoms with Crippen LogP contribution in [0, 0.1) is 0 Å². The molecule has 2 aliphatic rings. The standard InChI is InChI=1S/C43H50N2O15S4/c1-6-44-33-18-16-29-31(23-27(61(48,49)50)25-35(29)63(54,55)56)40(33)42(2,3)37(44)13-9-7-10-14-38-43(4,20-22-60-5)41-32-24-28(62(51,52)53)26-36(64(57,58)59)30(32)17-19-34(41)45(38)21-12-8-11-15-39(46)47/h7,9-10,13-14,16-19,23-26,37H,6,8,11-12,15,20-22H2,1-5H3,(H,46,47)(H,48,49,50)(H,51,52,53)(H,54,55,56)(H,57,58,59). The molecule has 0 bridgehead atoms. The minimum atomic E-state index is -4.99. The second kappa shape index (κ2) is 17.6. The molecule has 0 saturated heterocycles. The van der Waals surface area contributed by atoms with Crippen molar-refractivity contribution in [1.29, 1.82) is 0 Å². The third kappa shape index (κ3) is 9.22. The number of unbranched alkanes of at least 4 members (excludes halogenated alkanes) is 2. The van der Waals surface area contributed by atoms with Crippen molar-refractivity contribution in [2.24, 2.45) is 0 Å². The van der Waals surface area contributed by atoms with Crippen molar-refractivity contribution >= 4 is 79.4 Å². The molecule has 6 rings (SSSR count). The fourth-order valence-electron chi connectivity index (χ4n) is 9.31. The van der Waals surface area contributed by atoms with Crippen LogP contribution >= 0.6 is 0 Å². The van der Waals surface area contributed by atoms with Crippen LogP contribution in [0.1, 0.15) is 70.9 Å². The summed E-state index contributed by atoms with van der Waals surface area (Å²) in [4.78, 5) is 12.5. The van der Waals surface area contributed by atoms with Gasteiger partial charge >= 0.3 is 5.97 Å². The predicted octanol–water partition coefficient (Wildman–Crippen LogP) is 6.92. The zero-order valence-electron chi connectivity index (χ0n) is 35.6. The second-order valence-electron chi connectivity index (χ2n) is 16.6. The fraction of sp³-hybridized carbons (Fsp3) is 0.372. The van der Waals surface area contributed by atoms with Crippen molar-refractivity contribution < 1.29 is 66.5 Å². The summed E-state index contributed by atoms with van der Waals surface area (Å²) < 4.78 is 146.